The number of anilines is 1. The van der Waals surface area contributed by atoms with Crippen molar-refractivity contribution in [2.75, 3.05) is 12.4 Å². The number of hydrogen-bond acceptors (Lipinski definition) is 6. The predicted octanol–water partition coefficient (Wildman–Crippen LogP) is 0.765. The SMILES string of the molecule is COc1ncnc(NC(C(=O)O)c2cnn(C)c2)c1C. The van der Waals surface area contributed by atoms with E-state index in [0.717, 1.165) is 0 Å². The van der Waals surface area contributed by atoms with Gasteiger partial charge in [-0.05, 0) is 6.92 Å². The molecular formula is C12H15N5O3. The van der Waals surface area contributed by atoms with Crippen molar-refractivity contribution < 1.29 is 14.6 Å². The lowest BCUT2D eigenvalue weighted by Crippen LogP contribution is -2.21. The maximum absolute atomic E-state index is 11.4. The first-order valence-corrected chi connectivity index (χ1v) is 5.86. The standard InChI is InChI=1S/C12H15N5O3/c1-7-10(13-6-14-11(7)20-3)16-9(12(18)19)8-4-15-17(2)5-8/h4-6,9H,1-3H3,(H,18,19)(H,13,14,16). The third-order valence-electron chi connectivity index (χ3n) is 2.82. The molecule has 8 nitrogen and oxygen atoms in total. The lowest BCUT2D eigenvalue weighted by Gasteiger charge is -2.15. The molecule has 0 amide bonds. The van der Waals surface area contributed by atoms with Crippen molar-refractivity contribution in [2.45, 2.75) is 13.0 Å². The summed E-state index contributed by atoms with van der Waals surface area (Å²) in [7, 11) is 3.22. The van der Waals surface area contributed by atoms with E-state index in [-0.39, 0.29) is 0 Å². The van der Waals surface area contributed by atoms with Gasteiger partial charge in [-0.25, -0.2) is 14.8 Å². The molecule has 20 heavy (non-hydrogen) atoms. The van der Waals surface area contributed by atoms with Crippen LogP contribution in [0, 0.1) is 6.92 Å². The minimum absolute atomic E-state index is 0.401. The van der Waals surface area contributed by atoms with E-state index in [1.165, 1.54) is 19.6 Å². The van der Waals surface area contributed by atoms with Crippen molar-refractivity contribution in [2.24, 2.45) is 7.05 Å². The van der Waals surface area contributed by atoms with Gasteiger partial charge in [0.2, 0.25) is 5.88 Å². The number of aryl methyl sites for hydroxylation is 1. The first-order chi connectivity index (χ1) is 9.52. The third-order valence-corrected chi connectivity index (χ3v) is 2.82. The Balaban J connectivity index is 2.32. The van der Waals surface area contributed by atoms with Gasteiger partial charge in [0.15, 0.2) is 6.04 Å². The van der Waals surface area contributed by atoms with Crippen LogP contribution in [0.15, 0.2) is 18.7 Å². The van der Waals surface area contributed by atoms with Gasteiger partial charge in [0.25, 0.3) is 0 Å². The zero-order valence-electron chi connectivity index (χ0n) is 11.4. The molecule has 2 rings (SSSR count). The van der Waals surface area contributed by atoms with Gasteiger partial charge < -0.3 is 15.2 Å². The Bertz CT molecular complexity index is 625. The number of aliphatic carboxylic acids is 1. The molecular weight excluding hydrogens is 262 g/mol. The van der Waals surface area contributed by atoms with Crippen molar-refractivity contribution in [3.05, 3.63) is 29.8 Å². The summed E-state index contributed by atoms with van der Waals surface area (Å²) >= 11 is 0. The fourth-order valence-electron chi connectivity index (χ4n) is 1.80. The number of nitrogens with one attached hydrogen (secondary N) is 1. The Kier molecular flexibility index (Phi) is 3.83. The van der Waals surface area contributed by atoms with E-state index >= 15 is 0 Å². The number of aromatic nitrogens is 4. The first kappa shape index (κ1) is 13.8. The molecule has 1 unspecified atom stereocenters. The van der Waals surface area contributed by atoms with Crippen molar-refractivity contribution in [1.29, 1.82) is 0 Å². The van der Waals surface area contributed by atoms with E-state index in [1.807, 2.05) is 0 Å². The second kappa shape index (κ2) is 5.55. The minimum Gasteiger partial charge on any atom is -0.481 e. The lowest BCUT2D eigenvalue weighted by atomic mass is 10.1. The van der Waals surface area contributed by atoms with Gasteiger partial charge in [0, 0.05) is 18.8 Å². The van der Waals surface area contributed by atoms with Crippen LogP contribution < -0.4 is 10.1 Å². The Labute approximate surface area is 115 Å². The van der Waals surface area contributed by atoms with E-state index < -0.39 is 12.0 Å². The molecule has 8 heteroatoms. The van der Waals surface area contributed by atoms with Crippen molar-refractivity contribution in [3.8, 4) is 5.88 Å². The van der Waals surface area contributed by atoms with Crippen LogP contribution in [0.1, 0.15) is 17.2 Å². The van der Waals surface area contributed by atoms with E-state index in [9.17, 15) is 9.90 Å². The molecule has 0 aliphatic rings. The lowest BCUT2D eigenvalue weighted by molar-refractivity contribution is -0.138. The number of methoxy groups -OCH3 is 1. The van der Waals surface area contributed by atoms with Gasteiger partial charge in [-0.2, -0.15) is 5.10 Å². The molecule has 0 spiro atoms. The smallest absolute Gasteiger partial charge is 0.330 e. The normalized spacial score (nSPS) is 11.9. The van der Waals surface area contributed by atoms with E-state index in [2.05, 4.69) is 20.4 Å². The number of ether oxygens (including phenoxy) is 1. The topological polar surface area (TPSA) is 102 Å². The number of carboxylic acid groups (broad SMARTS) is 1. The summed E-state index contributed by atoms with van der Waals surface area (Å²) in [6, 6.07) is -0.943. The van der Waals surface area contributed by atoms with Crippen molar-refractivity contribution in [1.82, 2.24) is 19.7 Å². The van der Waals surface area contributed by atoms with Crippen LogP contribution in [-0.4, -0.2) is 37.9 Å². The molecule has 0 saturated heterocycles. The molecule has 2 N–H and O–H groups in total. The molecule has 0 aliphatic heterocycles. The van der Waals surface area contributed by atoms with Crippen LogP contribution in [0.25, 0.3) is 0 Å². The molecule has 106 valence electrons. The average Bonchev–Trinajstić information content (AvgIpc) is 2.83. The molecule has 0 aliphatic carbocycles. The Morgan fingerprint density at radius 2 is 2.25 bits per heavy atom. The van der Waals surface area contributed by atoms with Crippen LogP contribution in [0.3, 0.4) is 0 Å². The molecule has 2 aromatic heterocycles. The fourth-order valence-corrected chi connectivity index (χ4v) is 1.80. The van der Waals surface area contributed by atoms with Crippen molar-refractivity contribution >= 4 is 11.8 Å². The molecule has 0 fully saturated rings. The van der Waals surface area contributed by atoms with E-state index in [0.29, 0.717) is 22.8 Å². The summed E-state index contributed by atoms with van der Waals surface area (Å²) in [4.78, 5) is 19.4. The van der Waals surface area contributed by atoms with Gasteiger partial charge in [0.1, 0.15) is 12.1 Å². The zero-order valence-corrected chi connectivity index (χ0v) is 11.4. The maximum atomic E-state index is 11.4. The molecule has 0 saturated carbocycles. The highest BCUT2D eigenvalue weighted by molar-refractivity contribution is 5.79. The quantitative estimate of drug-likeness (QED) is 0.831. The molecule has 2 aromatic rings. The number of nitrogens with zero attached hydrogens (tertiary/aromatic N) is 4. The summed E-state index contributed by atoms with van der Waals surface area (Å²) in [6.45, 7) is 1.75. The van der Waals surface area contributed by atoms with E-state index in [4.69, 9.17) is 4.74 Å². The third kappa shape index (κ3) is 2.68. The van der Waals surface area contributed by atoms with E-state index in [1.54, 1.807) is 24.9 Å². The summed E-state index contributed by atoms with van der Waals surface area (Å²) in [6.07, 6.45) is 4.45. The number of hydrogen-bond donors (Lipinski definition) is 2. The number of carboxylic acids is 1. The summed E-state index contributed by atoms with van der Waals surface area (Å²) in [5.41, 5.74) is 1.18. The van der Waals surface area contributed by atoms with Crippen LogP contribution in [0.4, 0.5) is 5.82 Å². The second-order valence-corrected chi connectivity index (χ2v) is 4.22. The van der Waals surface area contributed by atoms with Crippen LogP contribution in [0.5, 0.6) is 5.88 Å². The highest BCUT2D eigenvalue weighted by Gasteiger charge is 2.23. The molecule has 0 radical (unpaired) electrons. The fraction of sp³-hybridized carbons (Fsp3) is 0.333. The minimum atomic E-state index is -1.02. The van der Waals surface area contributed by atoms with Crippen LogP contribution in [-0.2, 0) is 11.8 Å². The van der Waals surface area contributed by atoms with Gasteiger partial charge in [-0.3, -0.25) is 4.68 Å². The predicted molar refractivity (Wildman–Crippen MR) is 70.5 cm³/mol. The molecule has 0 bridgehead atoms. The first-order valence-electron chi connectivity index (χ1n) is 5.86. The Morgan fingerprint density at radius 1 is 1.50 bits per heavy atom. The molecule has 0 aromatic carbocycles. The number of rotatable bonds is 5. The average molecular weight is 277 g/mol. The maximum Gasteiger partial charge on any atom is 0.330 e. The largest absolute Gasteiger partial charge is 0.481 e. The highest BCUT2D eigenvalue weighted by atomic mass is 16.5. The van der Waals surface area contributed by atoms with Gasteiger partial charge in [-0.1, -0.05) is 0 Å². The summed E-state index contributed by atoms with van der Waals surface area (Å²) < 4.78 is 6.62. The Hall–Kier alpha value is -2.64. The molecule has 1 atom stereocenters. The monoisotopic (exact) mass is 277 g/mol. The van der Waals surface area contributed by atoms with Gasteiger partial charge in [0.05, 0.1) is 18.9 Å². The van der Waals surface area contributed by atoms with Gasteiger partial charge >= 0.3 is 5.97 Å². The second-order valence-electron chi connectivity index (χ2n) is 4.22. The summed E-state index contributed by atoms with van der Waals surface area (Å²) in [5, 5.41) is 16.2. The van der Waals surface area contributed by atoms with Gasteiger partial charge in [-0.15, -0.1) is 0 Å². The van der Waals surface area contributed by atoms with Crippen molar-refractivity contribution in [3.63, 3.8) is 0 Å². The zero-order chi connectivity index (χ0) is 14.7. The summed E-state index contributed by atoms with van der Waals surface area (Å²) in [5.74, 6) is -0.207. The highest BCUT2D eigenvalue weighted by Crippen LogP contribution is 2.24. The number of carbonyl (C=O) groups is 1. The molecule has 2 heterocycles. The van der Waals surface area contributed by atoms with Crippen LogP contribution >= 0.6 is 0 Å². The Morgan fingerprint density at radius 3 is 2.80 bits per heavy atom. The van der Waals surface area contributed by atoms with Crippen LogP contribution in [0.2, 0.25) is 0 Å².